The van der Waals surface area contributed by atoms with Gasteiger partial charge in [-0.25, -0.2) is 8.70 Å². The SMILES string of the molecule is C=CC12CC(C=N)=C(Nc3ccc(F)cc3)C=C1CCN(Sc1ccc(N3CCCC3)cc1)C2. The molecule has 2 heterocycles. The zero-order chi connectivity index (χ0) is 23.5. The monoisotopic (exact) mass is 474 g/mol. The minimum Gasteiger partial charge on any atom is -0.372 e. The van der Waals surface area contributed by atoms with Crippen LogP contribution < -0.4 is 10.2 Å². The number of fused-ring (bicyclic) bond motifs is 1. The molecule has 176 valence electrons. The maximum absolute atomic E-state index is 13.3. The second kappa shape index (κ2) is 9.80. The van der Waals surface area contributed by atoms with E-state index in [0.29, 0.717) is 0 Å². The smallest absolute Gasteiger partial charge is 0.123 e. The molecule has 2 aromatic rings. The van der Waals surface area contributed by atoms with Crippen molar-refractivity contribution in [3.8, 4) is 0 Å². The van der Waals surface area contributed by atoms with Crippen molar-refractivity contribution < 1.29 is 4.39 Å². The lowest BCUT2D eigenvalue weighted by Crippen LogP contribution is -2.42. The summed E-state index contributed by atoms with van der Waals surface area (Å²) in [6.45, 7) is 8.35. The van der Waals surface area contributed by atoms with E-state index < -0.39 is 0 Å². The number of benzene rings is 2. The molecule has 2 N–H and O–H groups in total. The molecule has 0 spiro atoms. The molecule has 0 bridgehead atoms. The Morgan fingerprint density at radius 1 is 1.03 bits per heavy atom. The third-order valence-electron chi connectivity index (χ3n) is 7.13. The minimum atomic E-state index is -0.255. The number of halogens is 1. The lowest BCUT2D eigenvalue weighted by atomic mass is 9.69. The van der Waals surface area contributed by atoms with E-state index in [-0.39, 0.29) is 11.2 Å². The standard InChI is InChI=1S/C28H31FN4S/c1-2-28-18-21(19-30)27(31-24-7-5-23(29)6-8-24)17-22(28)13-16-33(20-28)34-26-11-9-25(10-12-26)32-14-3-4-15-32/h2,5-12,17,19,30-31H,1,3-4,13-16,18,20H2. The number of nitrogens with one attached hydrogen (secondary N) is 2. The van der Waals surface area contributed by atoms with E-state index in [1.165, 1.54) is 47.3 Å². The Balaban J connectivity index is 1.30. The highest BCUT2D eigenvalue weighted by Crippen LogP contribution is 2.47. The van der Waals surface area contributed by atoms with Gasteiger partial charge in [-0.15, -0.1) is 6.58 Å². The molecule has 3 aliphatic rings. The van der Waals surface area contributed by atoms with Crippen LogP contribution in [0.25, 0.3) is 0 Å². The zero-order valence-electron chi connectivity index (χ0n) is 19.4. The fourth-order valence-electron chi connectivity index (χ4n) is 5.20. The van der Waals surface area contributed by atoms with E-state index in [0.717, 1.165) is 56.0 Å². The van der Waals surface area contributed by atoms with Gasteiger partial charge in [0.15, 0.2) is 0 Å². The number of rotatable bonds is 7. The van der Waals surface area contributed by atoms with Crippen LogP contribution >= 0.6 is 11.9 Å². The molecule has 1 unspecified atom stereocenters. The predicted octanol–water partition coefficient (Wildman–Crippen LogP) is 6.66. The average Bonchev–Trinajstić information content (AvgIpc) is 3.41. The third kappa shape index (κ3) is 4.70. The van der Waals surface area contributed by atoms with Gasteiger partial charge < -0.3 is 15.6 Å². The number of hydrogen-bond donors (Lipinski definition) is 2. The van der Waals surface area contributed by atoms with Gasteiger partial charge in [0.25, 0.3) is 0 Å². The van der Waals surface area contributed by atoms with Gasteiger partial charge >= 0.3 is 0 Å². The fourth-order valence-corrected chi connectivity index (χ4v) is 6.23. The Morgan fingerprint density at radius 2 is 1.76 bits per heavy atom. The van der Waals surface area contributed by atoms with Crippen LogP contribution in [0.4, 0.5) is 15.8 Å². The second-order valence-electron chi connectivity index (χ2n) is 9.31. The van der Waals surface area contributed by atoms with E-state index in [4.69, 9.17) is 5.41 Å². The molecule has 2 fully saturated rings. The van der Waals surface area contributed by atoms with E-state index in [1.54, 1.807) is 12.1 Å². The molecule has 1 atom stereocenters. The lowest BCUT2D eigenvalue weighted by molar-refractivity contribution is 0.278. The van der Waals surface area contributed by atoms with E-state index in [1.807, 2.05) is 11.9 Å². The maximum atomic E-state index is 13.3. The number of allylic oxidation sites excluding steroid dienone is 2. The first-order chi connectivity index (χ1) is 16.6. The molecule has 0 aromatic heterocycles. The van der Waals surface area contributed by atoms with Crippen molar-refractivity contribution in [2.45, 2.75) is 30.6 Å². The fraction of sp³-hybridized carbons (Fsp3) is 0.321. The van der Waals surface area contributed by atoms with Gasteiger partial charge in [-0.3, -0.25) is 0 Å². The summed E-state index contributed by atoms with van der Waals surface area (Å²) in [6.07, 6.45) is 9.95. The van der Waals surface area contributed by atoms with Crippen molar-refractivity contribution in [1.82, 2.24) is 4.31 Å². The van der Waals surface area contributed by atoms with Crippen LogP contribution in [0.3, 0.4) is 0 Å². The molecule has 2 aromatic carbocycles. The first-order valence-corrected chi connectivity index (χ1v) is 12.7. The van der Waals surface area contributed by atoms with Crippen LogP contribution in [0.5, 0.6) is 0 Å². The van der Waals surface area contributed by atoms with Crippen LogP contribution in [-0.2, 0) is 0 Å². The zero-order valence-corrected chi connectivity index (χ0v) is 20.2. The summed E-state index contributed by atoms with van der Waals surface area (Å²) in [6, 6.07) is 15.3. The van der Waals surface area contributed by atoms with Gasteiger partial charge in [0.2, 0.25) is 0 Å². The molecule has 1 aliphatic carbocycles. The number of anilines is 2. The molecular weight excluding hydrogens is 443 g/mol. The number of nitrogens with zero attached hydrogens (tertiary/aromatic N) is 2. The topological polar surface area (TPSA) is 42.4 Å². The third-order valence-corrected chi connectivity index (χ3v) is 8.18. The summed E-state index contributed by atoms with van der Waals surface area (Å²) >= 11 is 1.81. The Morgan fingerprint density at radius 3 is 2.44 bits per heavy atom. The van der Waals surface area contributed by atoms with Crippen LogP contribution in [0.1, 0.15) is 25.7 Å². The summed E-state index contributed by atoms with van der Waals surface area (Å²) in [4.78, 5) is 3.72. The normalized spacial score (nSPS) is 22.9. The molecule has 4 nitrogen and oxygen atoms in total. The first-order valence-electron chi connectivity index (χ1n) is 12.0. The van der Waals surface area contributed by atoms with E-state index >= 15 is 0 Å². The van der Waals surface area contributed by atoms with Crippen molar-refractivity contribution >= 4 is 29.5 Å². The van der Waals surface area contributed by atoms with Gasteiger partial charge in [0, 0.05) is 59.8 Å². The highest BCUT2D eigenvalue weighted by atomic mass is 32.2. The first kappa shape index (κ1) is 22.9. The molecule has 0 saturated carbocycles. The molecule has 34 heavy (non-hydrogen) atoms. The number of hydrogen-bond acceptors (Lipinski definition) is 5. The van der Waals surface area contributed by atoms with E-state index in [9.17, 15) is 4.39 Å². The summed E-state index contributed by atoms with van der Waals surface area (Å²) in [5.74, 6) is -0.255. The molecule has 6 heteroatoms. The van der Waals surface area contributed by atoms with Crippen molar-refractivity contribution in [3.63, 3.8) is 0 Å². The maximum Gasteiger partial charge on any atom is 0.123 e. The van der Waals surface area contributed by atoms with Gasteiger partial charge in [-0.05, 0) is 97.8 Å². The van der Waals surface area contributed by atoms with Crippen molar-refractivity contribution in [2.24, 2.45) is 5.41 Å². The van der Waals surface area contributed by atoms with Crippen molar-refractivity contribution in [2.75, 3.05) is 36.4 Å². The van der Waals surface area contributed by atoms with Crippen molar-refractivity contribution in [3.05, 3.63) is 89.9 Å². The van der Waals surface area contributed by atoms with Gasteiger partial charge in [-0.1, -0.05) is 11.6 Å². The molecule has 0 radical (unpaired) electrons. The molecule has 2 saturated heterocycles. The molecule has 2 aliphatic heterocycles. The Kier molecular flexibility index (Phi) is 6.61. The molecular formula is C28H31FN4S. The van der Waals surface area contributed by atoms with Crippen LogP contribution in [0.2, 0.25) is 0 Å². The highest BCUT2D eigenvalue weighted by Gasteiger charge is 2.40. The highest BCUT2D eigenvalue weighted by molar-refractivity contribution is 7.97. The Hall–Kier alpha value is -2.83. The molecule has 0 amide bonds. The summed E-state index contributed by atoms with van der Waals surface area (Å²) in [5, 5.41) is 11.4. The minimum absolute atomic E-state index is 0.179. The summed E-state index contributed by atoms with van der Waals surface area (Å²) in [5.41, 5.74) is 5.18. The van der Waals surface area contributed by atoms with E-state index in [2.05, 4.69) is 57.5 Å². The predicted molar refractivity (Wildman–Crippen MR) is 141 cm³/mol. The van der Waals surface area contributed by atoms with Crippen LogP contribution in [-0.4, -0.2) is 36.7 Å². The quantitative estimate of drug-likeness (QED) is 0.268. The second-order valence-corrected chi connectivity index (χ2v) is 10.5. The summed E-state index contributed by atoms with van der Waals surface area (Å²) in [7, 11) is 0. The number of piperidine rings is 1. The largest absolute Gasteiger partial charge is 0.372 e. The molecule has 5 rings (SSSR count). The Bertz CT molecular complexity index is 1120. The van der Waals surface area contributed by atoms with Gasteiger partial charge in [-0.2, -0.15) is 0 Å². The van der Waals surface area contributed by atoms with Crippen molar-refractivity contribution in [1.29, 1.82) is 5.41 Å². The lowest BCUT2D eigenvalue weighted by Gasteiger charge is -2.45. The van der Waals surface area contributed by atoms with Gasteiger partial charge in [0.05, 0.1) is 0 Å². The van der Waals surface area contributed by atoms with Gasteiger partial charge in [0.1, 0.15) is 5.82 Å². The van der Waals surface area contributed by atoms with Crippen LogP contribution in [0, 0.1) is 16.6 Å². The summed E-state index contributed by atoms with van der Waals surface area (Å²) < 4.78 is 15.7. The Labute approximate surface area is 205 Å². The average molecular weight is 475 g/mol. The van der Waals surface area contributed by atoms with Crippen LogP contribution in [0.15, 0.2) is 89.0 Å².